The highest BCUT2D eigenvalue weighted by atomic mass is 35.5. The number of aryl methyl sites for hydroxylation is 1. The number of fused-ring (bicyclic) bond motifs is 1. The molecule has 3 rings (SSSR count). The molecular formula is C15H9Cl2FN2. The van der Waals surface area contributed by atoms with Gasteiger partial charge in [0.25, 0.3) is 0 Å². The smallest absolute Gasteiger partial charge is 0.161 e. The van der Waals surface area contributed by atoms with Gasteiger partial charge in [-0.15, -0.1) is 0 Å². The first-order valence-electron chi connectivity index (χ1n) is 5.94. The third-order valence-electron chi connectivity index (χ3n) is 3.06. The quantitative estimate of drug-likeness (QED) is 0.588. The van der Waals surface area contributed by atoms with E-state index < -0.39 is 0 Å². The second kappa shape index (κ2) is 5.00. The van der Waals surface area contributed by atoms with Gasteiger partial charge in [-0.25, -0.2) is 14.4 Å². The Hall–Kier alpha value is -1.71. The molecule has 1 heterocycles. The van der Waals surface area contributed by atoms with Crippen LogP contribution in [0.25, 0.3) is 22.3 Å². The van der Waals surface area contributed by atoms with Crippen LogP contribution in [0.3, 0.4) is 0 Å². The molecule has 0 amide bonds. The summed E-state index contributed by atoms with van der Waals surface area (Å²) in [6, 6.07) is 9.82. The normalized spacial score (nSPS) is 11.0. The Labute approximate surface area is 125 Å². The monoisotopic (exact) mass is 306 g/mol. The van der Waals surface area contributed by atoms with Gasteiger partial charge in [-0.05, 0) is 42.8 Å². The Morgan fingerprint density at radius 3 is 2.60 bits per heavy atom. The zero-order chi connectivity index (χ0) is 14.3. The summed E-state index contributed by atoms with van der Waals surface area (Å²) in [5.41, 5.74) is 2.16. The lowest BCUT2D eigenvalue weighted by atomic mass is 10.1. The van der Waals surface area contributed by atoms with E-state index in [-0.39, 0.29) is 5.82 Å². The minimum Gasteiger partial charge on any atom is -0.228 e. The Morgan fingerprint density at radius 2 is 1.85 bits per heavy atom. The van der Waals surface area contributed by atoms with Crippen LogP contribution in [0.15, 0.2) is 36.4 Å². The molecule has 0 aliphatic rings. The number of rotatable bonds is 1. The fourth-order valence-corrected chi connectivity index (χ4v) is 2.68. The van der Waals surface area contributed by atoms with Gasteiger partial charge in [0, 0.05) is 5.56 Å². The molecular weight excluding hydrogens is 298 g/mol. The molecule has 100 valence electrons. The van der Waals surface area contributed by atoms with Gasteiger partial charge in [0.15, 0.2) is 5.82 Å². The van der Waals surface area contributed by atoms with E-state index in [2.05, 4.69) is 9.97 Å². The van der Waals surface area contributed by atoms with Crippen LogP contribution in [0.2, 0.25) is 10.2 Å². The molecule has 0 bridgehead atoms. The second-order valence-corrected chi connectivity index (χ2v) is 5.20. The predicted molar refractivity (Wildman–Crippen MR) is 79.7 cm³/mol. The largest absolute Gasteiger partial charge is 0.228 e. The summed E-state index contributed by atoms with van der Waals surface area (Å²) < 4.78 is 13.2. The lowest BCUT2D eigenvalue weighted by molar-refractivity contribution is 0.627. The zero-order valence-corrected chi connectivity index (χ0v) is 12.0. The van der Waals surface area contributed by atoms with Crippen LogP contribution in [-0.2, 0) is 0 Å². The van der Waals surface area contributed by atoms with E-state index in [4.69, 9.17) is 23.2 Å². The molecule has 5 heteroatoms. The lowest BCUT2D eigenvalue weighted by Crippen LogP contribution is -1.94. The molecule has 0 spiro atoms. The summed E-state index contributed by atoms with van der Waals surface area (Å²) in [4.78, 5) is 8.73. The topological polar surface area (TPSA) is 25.8 Å². The third-order valence-corrected chi connectivity index (χ3v) is 3.65. The fraction of sp³-hybridized carbons (Fsp3) is 0.0667. The highest BCUT2D eigenvalue weighted by Crippen LogP contribution is 2.31. The average Bonchev–Trinajstić information content (AvgIpc) is 2.38. The van der Waals surface area contributed by atoms with E-state index in [1.165, 1.54) is 12.1 Å². The molecule has 3 aromatic rings. The molecule has 2 nitrogen and oxygen atoms in total. The summed E-state index contributed by atoms with van der Waals surface area (Å²) in [6.45, 7) is 1.80. The summed E-state index contributed by atoms with van der Waals surface area (Å²) in [5, 5.41) is 1.42. The van der Waals surface area contributed by atoms with E-state index in [9.17, 15) is 4.39 Å². The SMILES string of the molecule is Cc1cc(F)ccc1-c1nc(Cl)c2c(Cl)cccc2n1. The number of hydrogen-bond acceptors (Lipinski definition) is 2. The molecule has 2 aromatic carbocycles. The number of halogens is 3. The Morgan fingerprint density at radius 1 is 1.05 bits per heavy atom. The zero-order valence-electron chi connectivity index (χ0n) is 10.5. The van der Waals surface area contributed by atoms with E-state index in [0.29, 0.717) is 26.9 Å². The van der Waals surface area contributed by atoms with Crippen molar-refractivity contribution in [2.24, 2.45) is 0 Å². The maximum absolute atomic E-state index is 13.2. The van der Waals surface area contributed by atoms with Crippen LogP contribution in [0, 0.1) is 12.7 Å². The minimum atomic E-state index is -0.291. The van der Waals surface area contributed by atoms with E-state index in [0.717, 1.165) is 11.1 Å². The van der Waals surface area contributed by atoms with Gasteiger partial charge in [-0.1, -0.05) is 29.3 Å². The second-order valence-electron chi connectivity index (χ2n) is 4.43. The molecule has 0 atom stereocenters. The van der Waals surface area contributed by atoms with Crippen molar-refractivity contribution in [1.82, 2.24) is 9.97 Å². The van der Waals surface area contributed by atoms with Crippen molar-refractivity contribution >= 4 is 34.1 Å². The lowest BCUT2D eigenvalue weighted by Gasteiger charge is -2.08. The Bertz CT molecular complexity index is 818. The van der Waals surface area contributed by atoms with E-state index >= 15 is 0 Å². The molecule has 0 unspecified atom stereocenters. The summed E-state index contributed by atoms with van der Waals surface area (Å²) in [5.74, 6) is 0.170. The number of nitrogens with zero attached hydrogens (tertiary/aromatic N) is 2. The number of aromatic nitrogens is 2. The van der Waals surface area contributed by atoms with Crippen LogP contribution >= 0.6 is 23.2 Å². The van der Waals surface area contributed by atoms with Crippen LogP contribution < -0.4 is 0 Å². The van der Waals surface area contributed by atoms with Crippen LogP contribution in [-0.4, -0.2) is 9.97 Å². The van der Waals surface area contributed by atoms with Crippen LogP contribution in [0.5, 0.6) is 0 Å². The molecule has 0 aliphatic heterocycles. The highest BCUT2D eigenvalue weighted by molar-refractivity contribution is 6.41. The van der Waals surface area contributed by atoms with Crippen molar-refractivity contribution in [3.63, 3.8) is 0 Å². The average molecular weight is 307 g/mol. The standard InChI is InChI=1S/C15H9Cl2FN2/c1-8-7-9(18)5-6-10(8)15-19-12-4-2-3-11(16)13(12)14(17)20-15/h2-7H,1H3. The third kappa shape index (κ3) is 2.23. The van der Waals surface area contributed by atoms with Crippen LogP contribution in [0.4, 0.5) is 4.39 Å². The van der Waals surface area contributed by atoms with Crippen molar-refractivity contribution in [2.45, 2.75) is 6.92 Å². The molecule has 0 aliphatic carbocycles. The number of benzene rings is 2. The van der Waals surface area contributed by atoms with Gasteiger partial charge in [-0.2, -0.15) is 0 Å². The van der Waals surface area contributed by atoms with Crippen molar-refractivity contribution in [3.05, 3.63) is 58.0 Å². The van der Waals surface area contributed by atoms with Crippen molar-refractivity contribution in [3.8, 4) is 11.4 Å². The molecule has 20 heavy (non-hydrogen) atoms. The number of hydrogen-bond donors (Lipinski definition) is 0. The predicted octanol–water partition coefficient (Wildman–Crippen LogP) is 5.05. The summed E-state index contributed by atoms with van der Waals surface area (Å²) >= 11 is 12.3. The maximum atomic E-state index is 13.2. The first-order valence-corrected chi connectivity index (χ1v) is 6.70. The van der Waals surface area contributed by atoms with Gasteiger partial charge in [-0.3, -0.25) is 0 Å². The van der Waals surface area contributed by atoms with E-state index in [1.807, 2.05) is 6.07 Å². The summed E-state index contributed by atoms with van der Waals surface area (Å²) in [6.07, 6.45) is 0. The van der Waals surface area contributed by atoms with Gasteiger partial charge < -0.3 is 0 Å². The van der Waals surface area contributed by atoms with Crippen molar-refractivity contribution in [2.75, 3.05) is 0 Å². The van der Waals surface area contributed by atoms with Crippen LogP contribution in [0.1, 0.15) is 5.56 Å². The fourth-order valence-electron chi connectivity index (χ4n) is 2.10. The molecule has 1 aromatic heterocycles. The summed E-state index contributed by atoms with van der Waals surface area (Å²) in [7, 11) is 0. The van der Waals surface area contributed by atoms with Crippen molar-refractivity contribution in [1.29, 1.82) is 0 Å². The van der Waals surface area contributed by atoms with Crippen molar-refractivity contribution < 1.29 is 4.39 Å². The van der Waals surface area contributed by atoms with Gasteiger partial charge in [0.05, 0.1) is 15.9 Å². The maximum Gasteiger partial charge on any atom is 0.161 e. The molecule has 0 saturated carbocycles. The van der Waals surface area contributed by atoms with Gasteiger partial charge in [0.1, 0.15) is 11.0 Å². The van der Waals surface area contributed by atoms with E-state index in [1.54, 1.807) is 25.1 Å². The van der Waals surface area contributed by atoms with Gasteiger partial charge >= 0.3 is 0 Å². The minimum absolute atomic E-state index is 0.291. The Balaban J connectivity index is 2.28. The first kappa shape index (κ1) is 13.3. The molecule has 0 saturated heterocycles. The molecule has 0 N–H and O–H groups in total. The Kier molecular flexibility index (Phi) is 3.32. The molecule has 0 fully saturated rings. The van der Waals surface area contributed by atoms with Gasteiger partial charge in [0.2, 0.25) is 0 Å². The first-order chi connectivity index (χ1) is 9.56. The highest BCUT2D eigenvalue weighted by Gasteiger charge is 2.12. The molecule has 0 radical (unpaired) electrons.